The first-order chi connectivity index (χ1) is 16.8. The SMILES string of the molecule is C#CCOc1c(Br)cc(/C=C2\SC(=S)N(NC(=O)C34CC5CC(CC(C5)C3)C4)C2=O)cc1OCC. The Bertz CT molecular complexity index is 1120. The van der Waals surface area contributed by atoms with Crippen LogP contribution in [0.2, 0.25) is 0 Å². The van der Waals surface area contributed by atoms with Gasteiger partial charge in [-0.1, -0.05) is 17.7 Å². The van der Waals surface area contributed by atoms with Crippen LogP contribution >= 0.6 is 39.9 Å². The standard InChI is InChI=1S/C26H27BrN2O4S2/c1-3-5-33-22-19(27)9-15(10-20(22)32-4-2)11-21-23(30)29(25(34)35-21)28-24(31)26-12-16-6-17(13-26)8-18(7-16)14-26/h1,9-11,16-18H,4-8,12-14H2,2H3,(H,28,31)/b21-11-. The van der Waals surface area contributed by atoms with Crippen LogP contribution in [0.25, 0.3) is 6.08 Å². The Hall–Kier alpha value is -2.02. The first-order valence-electron chi connectivity index (χ1n) is 11.9. The summed E-state index contributed by atoms with van der Waals surface area (Å²) in [5.41, 5.74) is 3.28. The second-order valence-corrected chi connectivity index (χ2v) is 12.4. The van der Waals surface area contributed by atoms with Crippen LogP contribution in [0.5, 0.6) is 11.5 Å². The van der Waals surface area contributed by atoms with E-state index < -0.39 is 0 Å². The Morgan fingerprint density at radius 1 is 1.29 bits per heavy atom. The minimum absolute atomic E-state index is 0.0504. The molecule has 184 valence electrons. The summed E-state index contributed by atoms with van der Waals surface area (Å²) < 4.78 is 12.3. The molecule has 4 bridgehead atoms. The van der Waals surface area contributed by atoms with Crippen LogP contribution in [0.3, 0.4) is 0 Å². The van der Waals surface area contributed by atoms with Gasteiger partial charge in [0, 0.05) is 0 Å². The molecule has 9 heteroatoms. The number of ether oxygens (including phenoxy) is 2. The molecule has 1 N–H and O–H groups in total. The molecule has 2 amide bonds. The smallest absolute Gasteiger partial charge is 0.285 e. The van der Waals surface area contributed by atoms with E-state index in [9.17, 15) is 9.59 Å². The van der Waals surface area contributed by atoms with E-state index in [1.54, 1.807) is 12.1 Å². The number of carbonyl (C=O) groups excluding carboxylic acids is 2. The molecule has 0 unspecified atom stereocenters. The number of halogens is 1. The fourth-order valence-electron chi connectivity index (χ4n) is 6.51. The van der Waals surface area contributed by atoms with Gasteiger partial charge >= 0.3 is 0 Å². The lowest BCUT2D eigenvalue weighted by molar-refractivity contribution is -0.152. The third-order valence-corrected chi connectivity index (χ3v) is 9.35. The van der Waals surface area contributed by atoms with Crippen LogP contribution in [-0.2, 0) is 9.59 Å². The highest BCUT2D eigenvalue weighted by atomic mass is 79.9. The largest absolute Gasteiger partial charge is 0.490 e. The molecule has 0 spiro atoms. The predicted octanol–water partition coefficient (Wildman–Crippen LogP) is 5.31. The monoisotopic (exact) mass is 574 g/mol. The molecule has 1 aromatic carbocycles. The highest BCUT2D eigenvalue weighted by Gasteiger charge is 2.55. The van der Waals surface area contributed by atoms with E-state index in [1.807, 2.05) is 13.0 Å². The van der Waals surface area contributed by atoms with E-state index in [4.69, 9.17) is 28.1 Å². The first-order valence-corrected chi connectivity index (χ1v) is 14.0. The van der Waals surface area contributed by atoms with Gasteiger partial charge in [0.2, 0.25) is 5.91 Å². The van der Waals surface area contributed by atoms with Gasteiger partial charge in [0.1, 0.15) is 6.61 Å². The van der Waals surface area contributed by atoms with Crippen molar-refractivity contribution in [2.75, 3.05) is 13.2 Å². The molecule has 1 heterocycles. The average molecular weight is 576 g/mol. The van der Waals surface area contributed by atoms with Crippen molar-refractivity contribution in [2.24, 2.45) is 23.2 Å². The number of terminal acetylenes is 1. The molecule has 0 aromatic heterocycles. The molecule has 5 aliphatic rings. The van der Waals surface area contributed by atoms with Crippen molar-refractivity contribution in [1.29, 1.82) is 0 Å². The maximum atomic E-state index is 13.4. The molecule has 4 saturated carbocycles. The van der Waals surface area contributed by atoms with Crippen molar-refractivity contribution >= 4 is 62.1 Å². The molecule has 0 atom stereocenters. The number of thiocarbonyl (C=S) groups is 1. The number of hydrogen-bond acceptors (Lipinski definition) is 6. The quantitative estimate of drug-likeness (QED) is 0.270. The van der Waals surface area contributed by atoms with Crippen LogP contribution in [0.4, 0.5) is 0 Å². The normalized spacial score (nSPS) is 30.0. The number of hydrogen-bond donors (Lipinski definition) is 1. The van der Waals surface area contributed by atoms with Crippen LogP contribution in [0.15, 0.2) is 21.5 Å². The molecule has 1 aliphatic heterocycles. The second kappa shape index (κ2) is 9.79. The topological polar surface area (TPSA) is 67.9 Å². The van der Waals surface area contributed by atoms with Gasteiger partial charge in [-0.3, -0.25) is 15.0 Å². The molecule has 5 fully saturated rings. The Morgan fingerprint density at radius 3 is 2.54 bits per heavy atom. The van der Waals surface area contributed by atoms with Crippen molar-refractivity contribution in [3.8, 4) is 23.8 Å². The van der Waals surface area contributed by atoms with E-state index in [1.165, 1.54) is 36.0 Å². The number of nitrogens with one attached hydrogen (secondary N) is 1. The van der Waals surface area contributed by atoms with Gasteiger partial charge < -0.3 is 9.47 Å². The fourth-order valence-corrected chi connectivity index (χ4v) is 8.27. The van der Waals surface area contributed by atoms with Crippen molar-refractivity contribution in [3.63, 3.8) is 0 Å². The van der Waals surface area contributed by atoms with E-state index >= 15 is 0 Å². The third kappa shape index (κ3) is 4.73. The van der Waals surface area contributed by atoms with Crippen molar-refractivity contribution in [2.45, 2.75) is 45.4 Å². The molecular weight excluding hydrogens is 548 g/mol. The minimum Gasteiger partial charge on any atom is -0.490 e. The summed E-state index contributed by atoms with van der Waals surface area (Å²) in [5.74, 6) is 5.04. The zero-order chi connectivity index (χ0) is 24.7. The molecule has 35 heavy (non-hydrogen) atoms. The molecule has 1 aromatic rings. The highest BCUT2D eigenvalue weighted by Crippen LogP contribution is 2.60. The van der Waals surface area contributed by atoms with E-state index in [-0.39, 0.29) is 23.8 Å². The lowest BCUT2D eigenvalue weighted by Gasteiger charge is -2.55. The lowest BCUT2D eigenvalue weighted by atomic mass is 9.49. The summed E-state index contributed by atoms with van der Waals surface area (Å²) in [6.45, 7) is 2.43. The molecule has 0 radical (unpaired) electrons. The van der Waals surface area contributed by atoms with Gasteiger partial charge in [0.25, 0.3) is 5.91 Å². The Kier molecular flexibility index (Phi) is 6.90. The fraction of sp³-hybridized carbons (Fsp3) is 0.500. The number of thioether (sulfide) groups is 1. The molecular formula is C26H27BrN2O4S2. The molecule has 4 aliphatic carbocycles. The Balaban J connectivity index is 1.34. The van der Waals surface area contributed by atoms with Gasteiger partial charge in [0.15, 0.2) is 15.8 Å². The third-order valence-electron chi connectivity index (χ3n) is 7.46. The summed E-state index contributed by atoms with van der Waals surface area (Å²) in [6, 6.07) is 3.62. The molecule has 1 saturated heterocycles. The lowest BCUT2D eigenvalue weighted by Crippen LogP contribution is -2.57. The number of hydrazine groups is 1. The van der Waals surface area contributed by atoms with E-state index in [0.717, 1.165) is 24.8 Å². The summed E-state index contributed by atoms with van der Waals surface area (Å²) in [7, 11) is 0. The number of amides is 2. The zero-order valence-electron chi connectivity index (χ0n) is 19.5. The Morgan fingerprint density at radius 2 is 1.94 bits per heavy atom. The number of rotatable bonds is 7. The summed E-state index contributed by atoms with van der Waals surface area (Å²) in [6.07, 6.45) is 13.6. The van der Waals surface area contributed by atoms with Crippen LogP contribution in [0.1, 0.15) is 51.0 Å². The first kappa shape index (κ1) is 24.7. The predicted molar refractivity (Wildman–Crippen MR) is 143 cm³/mol. The molecule has 6 nitrogen and oxygen atoms in total. The number of carbonyl (C=O) groups is 2. The van der Waals surface area contributed by atoms with Gasteiger partial charge in [-0.25, -0.2) is 0 Å². The number of nitrogens with zero attached hydrogens (tertiary/aromatic N) is 1. The second-order valence-electron chi connectivity index (χ2n) is 9.91. The van der Waals surface area contributed by atoms with Crippen molar-refractivity contribution in [3.05, 3.63) is 27.1 Å². The maximum absolute atomic E-state index is 13.4. The molecule has 6 rings (SSSR count). The van der Waals surface area contributed by atoms with Crippen molar-refractivity contribution < 1.29 is 19.1 Å². The van der Waals surface area contributed by atoms with Crippen LogP contribution in [0, 0.1) is 35.5 Å². The van der Waals surface area contributed by atoms with Crippen LogP contribution < -0.4 is 14.9 Å². The van der Waals surface area contributed by atoms with E-state index in [0.29, 0.717) is 49.6 Å². The van der Waals surface area contributed by atoms with Gasteiger partial charge in [-0.05, 0) is 115 Å². The highest BCUT2D eigenvalue weighted by molar-refractivity contribution is 9.10. The van der Waals surface area contributed by atoms with Gasteiger partial charge in [0.05, 0.1) is 21.4 Å². The van der Waals surface area contributed by atoms with Gasteiger partial charge in [-0.15, -0.1) is 6.42 Å². The van der Waals surface area contributed by atoms with Gasteiger partial charge in [-0.2, -0.15) is 5.01 Å². The zero-order valence-corrected chi connectivity index (χ0v) is 22.7. The van der Waals surface area contributed by atoms with Crippen molar-refractivity contribution in [1.82, 2.24) is 10.4 Å². The number of benzene rings is 1. The minimum atomic E-state index is -0.354. The summed E-state index contributed by atoms with van der Waals surface area (Å²) >= 11 is 10.2. The average Bonchev–Trinajstić information content (AvgIpc) is 3.05. The van der Waals surface area contributed by atoms with E-state index in [2.05, 4.69) is 27.3 Å². The maximum Gasteiger partial charge on any atom is 0.285 e. The summed E-state index contributed by atoms with van der Waals surface area (Å²) in [4.78, 5) is 27.1. The summed E-state index contributed by atoms with van der Waals surface area (Å²) in [5, 5.41) is 1.25. The Labute approximate surface area is 223 Å². The van der Waals surface area contributed by atoms with Crippen LogP contribution in [-0.4, -0.2) is 34.4 Å².